The number of rotatable bonds is 6. The molecule has 0 atom stereocenters. The Morgan fingerprint density at radius 3 is 2.38 bits per heavy atom. The first-order chi connectivity index (χ1) is 12.7. The molecule has 1 aliphatic carbocycles. The molecule has 0 radical (unpaired) electrons. The van der Waals surface area contributed by atoms with Crippen molar-refractivity contribution in [3.8, 4) is 11.5 Å². The molecule has 1 fully saturated rings. The summed E-state index contributed by atoms with van der Waals surface area (Å²) in [5.41, 5.74) is 0.537. The highest BCUT2D eigenvalue weighted by atomic mass is 16.5. The summed E-state index contributed by atoms with van der Waals surface area (Å²) in [5.74, 6) is 0.501. The van der Waals surface area contributed by atoms with Crippen LogP contribution in [0.5, 0.6) is 11.5 Å². The van der Waals surface area contributed by atoms with E-state index in [9.17, 15) is 9.59 Å². The minimum absolute atomic E-state index is 0.0646. The van der Waals surface area contributed by atoms with Gasteiger partial charge in [-0.3, -0.25) is 9.59 Å². The van der Waals surface area contributed by atoms with Gasteiger partial charge in [0.05, 0.1) is 11.6 Å². The molecular formula is C21H23NO4. The molecule has 1 N–H and O–H groups in total. The summed E-state index contributed by atoms with van der Waals surface area (Å²) in [7, 11) is 0. The maximum atomic E-state index is 12.2. The van der Waals surface area contributed by atoms with Gasteiger partial charge in [-0.1, -0.05) is 49.6 Å². The van der Waals surface area contributed by atoms with Gasteiger partial charge in [-0.15, -0.1) is 0 Å². The maximum Gasteiger partial charge on any atom is 0.309 e. The number of carbonyl (C=O) groups is 2. The summed E-state index contributed by atoms with van der Waals surface area (Å²) >= 11 is 0. The van der Waals surface area contributed by atoms with Crippen LogP contribution in [0.3, 0.4) is 0 Å². The summed E-state index contributed by atoms with van der Waals surface area (Å²) in [6, 6.07) is 16.5. The fourth-order valence-corrected chi connectivity index (χ4v) is 3.05. The fraction of sp³-hybridized carbons (Fsp3) is 0.333. The summed E-state index contributed by atoms with van der Waals surface area (Å²) in [4.78, 5) is 24.2. The van der Waals surface area contributed by atoms with Crippen molar-refractivity contribution in [1.29, 1.82) is 0 Å². The molecule has 0 spiro atoms. The Labute approximate surface area is 153 Å². The number of anilines is 1. The normalized spacial score (nSPS) is 14.5. The largest absolute Gasteiger partial charge is 0.455 e. The quantitative estimate of drug-likeness (QED) is 0.774. The van der Waals surface area contributed by atoms with Gasteiger partial charge in [0.25, 0.3) is 5.91 Å². The van der Waals surface area contributed by atoms with Crippen LogP contribution in [0.4, 0.5) is 5.69 Å². The van der Waals surface area contributed by atoms with E-state index in [0.29, 0.717) is 17.2 Å². The molecule has 5 nitrogen and oxygen atoms in total. The Bertz CT molecular complexity index is 739. The third-order valence-electron chi connectivity index (χ3n) is 4.42. The molecule has 0 aliphatic heterocycles. The minimum atomic E-state index is -0.377. The number of esters is 1. The Morgan fingerprint density at radius 1 is 0.923 bits per heavy atom. The van der Waals surface area contributed by atoms with Crippen LogP contribution in [-0.2, 0) is 14.3 Å². The minimum Gasteiger partial charge on any atom is -0.455 e. The molecule has 0 unspecified atom stereocenters. The van der Waals surface area contributed by atoms with E-state index < -0.39 is 0 Å². The van der Waals surface area contributed by atoms with E-state index in [0.717, 1.165) is 25.7 Å². The van der Waals surface area contributed by atoms with E-state index in [4.69, 9.17) is 9.47 Å². The van der Waals surface area contributed by atoms with Gasteiger partial charge in [0.15, 0.2) is 12.4 Å². The van der Waals surface area contributed by atoms with Crippen LogP contribution in [0.1, 0.15) is 32.1 Å². The second-order valence-corrected chi connectivity index (χ2v) is 6.40. The Kier molecular flexibility index (Phi) is 6.25. The van der Waals surface area contributed by atoms with E-state index in [1.807, 2.05) is 42.5 Å². The van der Waals surface area contributed by atoms with Gasteiger partial charge >= 0.3 is 5.97 Å². The molecular weight excluding hydrogens is 330 g/mol. The smallest absolute Gasteiger partial charge is 0.309 e. The number of para-hydroxylation sites is 3. The molecule has 0 aromatic heterocycles. The molecule has 5 heteroatoms. The van der Waals surface area contributed by atoms with Gasteiger partial charge in [-0.05, 0) is 37.1 Å². The lowest BCUT2D eigenvalue weighted by Crippen LogP contribution is -2.26. The lowest BCUT2D eigenvalue weighted by atomic mass is 9.89. The predicted molar refractivity (Wildman–Crippen MR) is 99.1 cm³/mol. The van der Waals surface area contributed by atoms with E-state index in [1.54, 1.807) is 12.1 Å². The standard InChI is InChI=1S/C21H23NO4/c23-20(15-25-21(24)16-9-3-1-4-10-16)22-18-13-7-8-14-19(18)26-17-11-5-2-6-12-17/h2,5-8,11-14,16H,1,3-4,9-10,15H2,(H,22,23). The van der Waals surface area contributed by atoms with Crippen molar-refractivity contribution >= 4 is 17.6 Å². The Morgan fingerprint density at radius 2 is 1.62 bits per heavy atom. The van der Waals surface area contributed by atoms with Crippen LogP contribution in [-0.4, -0.2) is 18.5 Å². The summed E-state index contributed by atoms with van der Waals surface area (Å²) in [5, 5.41) is 2.75. The van der Waals surface area contributed by atoms with Crippen LogP contribution in [0, 0.1) is 5.92 Å². The Balaban J connectivity index is 1.55. The van der Waals surface area contributed by atoms with Crippen molar-refractivity contribution in [2.45, 2.75) is 32.1 Å². The molecule has 0 bridgehead atoms. The van der Waals surface area contributed by atoms with Crippen LogP contribution in [0.25, 0.3) is 0 Å². The first-order valence-electron chi connectivity index (χ1n) is 9.01. The third kappa shape index (κ3) is 5.09. The van der Waals surface area contributed by atoms with Crippen molar-refractivity contribution in [3.63, 3.8) is 0 Å². The lowest BCUT2D eigenvalue weighted by molar-refractivity contribution is -0.152. The molecule has 0 saturated heterocycles. The van der Waals surface area contributed by atoms with Gasteiger partial charge in [-0.2, -0.15) is 0 Å². The monoisotopic (exact) mass is 353 g/mol. The van der Waals surface area contributed by atoms with Crippen molar-refractivity contribution in [3.05, 3.63) is 54.6 Å². The van der Waals surface area contributed by atoms with Crippen LogP contribution >= 0.6 is 0 Å². The molecule has 1 amide bonds. The van der Waals surface area contributed by atoms with Crippen molar-refractivity contribution in [1.82, 2.24) is 0 Å². The molecule has 1 aliphatic rings. The average molecular weight is 353 g/mol. The lowest BCUT2D eigenvalue weighted by Gasteiger charge is -2.19. The fourth-order valence-electron chi connectivity index (χ4n) is 3.05. The predicted octanol–water partition coefficient (Wildman–Crippen LogP) is 4.54. The first kappa shape index (κ1) is 18.0. The van der Waals surface area contributed by atoms with Gasteiger partial charge in [0.1, 0.15) is 5.75 Å². The van der Waals surface area contributed by atoms with E-state index in [2.05, 4.69) is 5.32 Å². The second-order valence-electron chi connectivity index (χ2n) is 6.40. The van der Waals surface area contributed by atoms with Gasteiger partial charge in [0.2, 0.25) is 0 Å². The summed E-state index contributed by atoms with van der Waals surface area (Å²) in [6.07, 6.45) is 4.98. The zero-order valence-electron chi connectivity index (χ0n) is 14.6. The van der Waals surface area contributed by atoms with E-state index in [-0.39, 0.29) is 24.4 Å². The summed E-state index contributed by atoms with van der Waals surface area (Å²) < 4.78 is 11.0. The zero-order valence-corrected chi connectivity index (χ0v) is 14.6. The van der Waals surface area contributed by atoms with Crippen molar-refractivity contribution in [2.75, 3.05) is 11.9 Å². The molecule has 2 aromatic rings. The second kappa shape index (κ2) is 9.04. The maximum absolute atomic E-state index is 12.2. The van der Waals surface area contributed by atoms with E-state index >= 15 is 0 Å². The number of nitrogens with one attached hydrogen (secondary N) is 1. The molecule has 26 heavy (non-hydrogen) atoms. The number of hydrogen-bond donors (Lipinski definition) is 1. The van der Waals surface area contributed by atoms with Crippen LogP contribution in [0.15, 0.2) is 54.6 Å². The van der Waals surface area contributed by atoms with Gasteiger partial charge < -0.3 is 14.8 Å². The summed E-state index contributed by atoms with van der Waals surface area (Å²) in [6.45, 7) is -0.283. The number of carbonyl (C=O) groups excluding carboxylic acids is 2. The molecule has 2 aromatic carbocycles. The van der Waals surface area contributed by atoms with E-state index in [1.165, 1.54) is 6.42 Å². The number of ether oxygens (including phenoxy) is 2. The zero-order chi connectivity index (χ0) is 18.2. The van der Waals surface area contributed by atoms with Crippen molar-refractivity contribution < 1.29 is 19.1 Å². The number of hydrogen-bond acceptors (Lipinski definition) is 4. The molecule has 136 valence electrons. The number of amides is 1. The third-order valence-corrected chi connectivity index (χ3v) is 4.42. The van der Waals surface area contributed by atoms with Crippen molar-refractivity contribution in [2.24, 2.45) is 5.92 Å². The number of benzene rings is 2. The van der Waals surface area contributed by atoms with Crippen LogP contribution < -0.4 is 10.1 Å². The average Bonchev–Trinajstić information content (AvgIpc) is 2.69. The SMILES string of the molecule is O=C(COC(=O)C1CCCCC1)Nc1ccccc1Oc1ccccc1. The van der Waals surface area contributed by atoms with Gasteiger partial charge in [-0.25, -0.2) is 0 Å². The molecule has 1 saturated carbocycles. The first-order valence-corrected chi connectivity index (χ1v) is 9.01. The molecule has 0 heterocycles. The van der Waals surface area contributed by atoms with Crippen LogP contribution in [0.2, 0.25) is 0 Å². The Hall–Kier alpha value is -2.82. The highest BCUT2D eigenvalue weighted by Crippen LogP contribution is 2.29. The molecule has 3 rings (SSSR count). The topological polar surface area (TPSA) is 64.6 Å². The van der Waals surface area contributed by atoms with Gasteiger partial charge in [0, 0.05) is 0 Å². The highest BCUT2D eigenvalue weighted by molar-refractivity contribution is 5.94. The highest BCUT2D eigenvalue weighted by Gasteiger charge is 2.23.